The van der Waals surface area contributed by atoms with Gasteiger partial charge in [0, 0.05) is 0 Å². The van der Waals surface area contributed by atoms with Crippen molar-refractivity contribution in [3.8, 4) is 0 Å². The predicted octanol–water partition coefficient (Wildman–Crippen LogP) is 4.18. The molecule has 2 aliphatic rings. The van der Waals surface area contributed by atoms with E-state index in [1.54, 1.807) is 0 Å². The van der Waals surface area contributed by atoms with Gasteiger partial charge in [-0.25, -0.2) is 0 Å². The van der Waals surface area contributed by atoms with Gasteiger partial charge in [-0.2, -0.15) is 0 Å². The number of allylic oxidation sites excluding steroid dienone is 8. The standard InChI is InChI=1S/2C5H5.C2H5.ClH.Sn/c2*1-2-4-5-3-1;1-2;;/h2*1-5H;1H2,2H3;1H;/q;;;;+1/p-1. The molecular formula is C12H15ClSn. The van der Waals surface area contributed by atoms with Crippen molar-refractivity contribution in [2.45, 2.75) is 19.2 Å². The Labute approximate surface area is 93.6 Å². The third kappa shape index (κ3) is 1.74. The van der Waals surface area contributed by atoms with Crippen LogP contribution in [0.25, 0.3) is 0 Å². The van der Waals surface area contributed by atoms with Gasteiger partial charge >= 0.3 is 94.0 Å². The van der Waals surface area contributed by atoms with Crippen molar-refractivity contribution < 1.29 is 0 Å². The van der Waals surface area contributed by atoms with E-state index in [9.17, 15) is 0 Å². The van der Waals surface area contributed by atoms with Crippen LogP contribution in [0.5, 0.6) is 0 Å². The molecular weight excluding hydrogens is 298 g/mol. The SMILES string of the molecule is C[CH2][Sn]([Cl])([CH]1C=CC=C1)[CH]1C=CC=C1. The molecule has 0 nitrogen and oxygen atoms in total. The molecule has 0 saturated heterocycles. The first-order chi connectivity index (χ1) is 6.77. The van der Waals surface area contributed by atoms with Crippen molar-refractivity contribution in [1.29, 1.82) is 0 Å². The molecule has 0 aromatic carbocycles. The van der Waals surface area contributed by atoms with Crippen molar-refractivity contribution >= 4 is 26.2 Å². The zero-order valence-electron chi connectivity index (χ0n) is 8.36. The molecule has 0 amide bonds. The topological polar surface area (TPSA) is 0 Å². The summed E-state index contributed by atoms with van der Waals surface area (Å²) in [7, 11) is 6.94. The fourth-order valence-corrected chi connectivity index (χ4v) is 13.0. The monoisotopic (exact) mass is 314 g/mol. The molecule has 0 spiro atoms. The molecule has 0 atom stereocenters. The van der Waals surface area contributed by atoms with E-state index < -0.39 is 17.3 Å². The first-order valence-electron chi connectivity index (χ1n) is 5.16. The van der Waals surface area contributed by atoms with Crippen LogP contribution in [0.2, 0.25) is 12.3 Å². The van der Waals surface area contributed by atoms with Gasteiger partial charge in [0.2, 0.25) is 0 Å². The predicted molar refractivity (Wildman–Crippen MR) is 66.1 cm³/mol. The van der Waals surface area contributed by atoms with Gasteiger partial charge in [0.1, 0.15) is 0 Å². The minimum atomic E-state index is -2.53. The van der Waals surface area contributed by atoms with E-state index in [0.717, 1.165) is 0 Å². The Balaban J connectivity index is 2.24. The molecule has 14 heavy (non-hydrogen) atoms. The van der Waals surface area contributed by atoms with Crippen LogP contribution in [0.15, 0.2) is 48.6 Å². The normalized spacial score (nSPS) is 21.6. The summed E-state index contributed by atoms with van der Waals surface area (Å²) in [6, 6.07) is 0. The Kier molecular flexibility index (Phi) is 3.23. The summed E-state index contributed by atoms with van der Waals surface area (Å²) in [5, 5.41) is 0. The van der Waals surface area contributed by atoms with Crippen LogP contribution >= 0.6 is 8.92 Å². The van der Waals surface area contributed by atoms with E-state index in [-0.39, 0.29) is 0 Å². The van der Waals surface area contributed by atoms with Gasteiger partial charge in [-0.1, -0.05) is 0 Å². The Hall–Kier alpha value is 0.0487. The summed E-state index contributed by atoms with van der Waals surface area (Å²) in [5.41, 5.74) is 0. The van der Waals surface area contributed by atoms with E-state index in [1.165, 1.54) is 4.44 Å². The second-order valence-corrected chi connectivity index (χ2v) is 19.7. The average molecular weight is 313 g/mol. The molecule has 0 fully saturated rings. The van der Waals surface area contributed by atoms with Gasteiger partial charge in [-0.15, -0.1) is 0 Å². The summed E-state index contributed by atoms with van der Waals surface area (Å²) in [4.78, 5) is 0. The van der Waals surface area contributed by atoms with Gasteiger partial charge in [-0.3, -0.25) is 0 Å². The number of halogens is 1. The molecule has 0 saturated carbocycles. The fraction of sp³-hybridized carbons (Fsp3) is 0.333. The molecule has 0 radical (unpaired) electrons. The quantitative estimate of drug-likeness (QED) is 0.686. The molecule has 2 heteroatoms. The van der Waals surface area contributed by atoms with Crippen molar-refractivity contribution in [2.75, 3.05) is 0 Å². The van der Waals surface area contributed by atoms with Gasteiger partial charge in [0.15, 0.2) is 0 Å². The summed E-state index contributed by atoms with van der Waals surface area (Å²) < 4.78 is 2.34. The molecule has 2 aliphatic carbocycles. The van der Waals surface area contributed by atoms with E-state index in [2.05, 4.69) is 55.5 Å². The maximum absolute atomic E-state index is 6.94. The van der Waals surface area contributed by atoms with Crippen molar-refractivity contribution in [1.82, 2.24) is 0 Å². The minimum absolute atomic E-state index is 0.577. The summed E-state index contributed by atoms with van der Waals surface area (Å²) in [5.74, 6) is 0. The van der Waals surface area contributed by atoms with Crippen molar-refractivity contribution in [2.24, 2.45) is 0 Å². The van der Waals surface area contributed by atoms with Crippen LogP contribution < -0.4 is 0 Å². The van der Waals surface area contributed by atoms with Gasteiger partial charge in [-0.05, 0) is 0 Å². The van der Waals surface area contributed by atoms with Gasteiger partial charge in [0.25, 0.3) is 0 Å². The molecule has 0 N–H and O–H groups in total. The maximum atomic E-state index is 6.94. The summed E-state index contributed by atoms with van der Waals surface area (Å²) in [6.07, 6.45) is 17.7. The molecule has 0 aromatic rings. The second-order valence-electron chi connectivity index (χ2n) is 3.87. The van der Waals surface area contributed by atoms with E-state index in [4.69, 9.17) is 8.92 Å². The van der Waals surface area contributed by atoms with Crippen LogP contribution in [-0.4, -0.2) is 17.3 Å². The first-order valence-corrected chi connectivity index (χ1v) is 14.1. The molecule has 0 aromatic heterocycles. The van der Waals surface area contributed by atoms with Gasteiger partial charge in [0.05, 0.1) is 0 Å². The van der Waals surface area contributed by atoms with Crippen LogP contribution in [-0.2, 0) is 0 Å². The van der Waals surface area contributed by atoms with E-state index >= 15 is 0 Å². The Morgan fingerprint density at radius 1 is 0.929 bits per heavy atom. The fourth-order valence-electron chi connectivity index (χ4n) is 2.20. The van der Waals surface area contributed by atoms with Crippen LogP contribution in [0, 0.1) is 0 Å². The number of hydrogen-bond donors (Lipinski definition) is 0. The van der Waals surface area contributed by atoms with E-state index in [0.29, 0.717) is 7.87 Å². The molecule has 0 bridgehead atoms. The van der Waals surface area contributed by atoms with Crippen LogP contribution in [0.1, 0.15) is 6.92 Å². The van der Waals surface area contributed by atoms with Crippen LogP contribution in [0.3, 0.4) is 0 Å². The third-order valence-electron chi connectivity index (χ3n) is 3.15. The first kappa shape index (κ1) is 10.6. The van der Waals surface area contributed by atoms with Crippen molar-refractivity contribution in [3.05, 3.63) is 48.6 Å². The molecule has 74 valence electrons. The molecule has 2 rings (SSSR count). The number of rotatable bonds is 3. The Morgan fingerprint density at radius 3 is 1.57 bits per heavy atom. The van der Waals surface area contributed by atoms with Gasteiger partial charge < -0.3 is 0 Å². The Bertz CT molecular complexity index is 273. The Morgan fingerprint density at radius 2 is 1.29 bits per heavy atom. The molecule has 0 unspecified atom stereocenters. The third-order valence-corrected chi connectivity index (χ3v) is 19.9. The van der Waals surface area contributed by atoms with Crippen LogP contribution in [0.4, 0.5) is 0 Å². The zero-order valence-corrected chi connectivity index (χ0v) is 12.0. The van der Waals surface area contributed by atoms with E-state index in [1.807, 2.05) is 0 Å². The van der Waals surface area contributed by atoms with Crippen molar-refractivity contribution in [3.63, 3.8) is 0 Å². The molecule has 0 heterocycles. The summed E-state index contributed by atoms with van der Waals surface area (Å²) >= 11 is -2.53. The average Bonchev–Trinajstić information content (AvgIpc) is 2.88. The zero-order chi connectivity index (χ0) is 10.0. The number of hydrogen-bond acceptors (Lipinski definition) is 0. The second kappa shape index (κ2) is 4.28. The molecule has 0 aliphatic heterocycles. The summed E-state index contributed by atoms with van der Waals surface area (Å²) in [6.45, 7) is 2.25.